The molecule has 11 heteroatoms. The van der Waals surface area contributed by atoms with Crippen LogP contribution >= 0.6 is 0 Å². The van der Waals surface area contributed by atoms with E-state index in [2.05, 4.69) is 36.2 Å². The Morgan fingerprint density at radius 2 is 1.71 bits per heavy atom. The van der Waals surface area contributed by atoms with E-state index in [1.54, 1.807) is 18.3 Å². The van der Waals surface area contributed by atoms with Crippen molar-refractivity contribution in [2.45, 2.75) is 26.6 Å². The van der Waals surface area contributed by atoms with Gasteiger partial charge in [-0.25, -0.2) is 0 Å². The maximum atomic E-state index is 12.1. The first kappa shape index (κ1) is 28.6. The molecule has 0 aliphatic rings. The molecule has 3 aromatic heterocycles. The molecule has 0 saturated carbocycles. The molecule has 0 aliphatic heterocycles. The molecule has 5 aromatic rings. The van der Waals surface area contributed by atoms with Gasteiger partial charge in [-0.1, -0.05) is 36.4 Å². The molecule has 0 atom stereocenters. The normalized spacial score (nSPS) is 10.7. The SMILES string of the molecule is Cc1cnc(-c2[c-]ccc(OCc3ccccc3)c2)c(C)n1.FC(F)(F)c1n[n-]c(-c2ccccn2)n1.[Ir]. The summed E-state index contributed by atoms with van der Waals surface area (Å²) >= 11 is 0. The number of rotatable bonds is 5. The monoisotopic (exact) mass is 695 g/mol. The van der Waals surface area contributed by atoms with Crippen molar-refractivity contribution in [2.24, 2.45) is 0 Å². The summed E-state index contributed by atoms with van der Waals surface area (Å²) in [4.78, 5) is 16.0. The van der Waals surface area contributed by atoms with E-state index in [0.29, 0.717) is 6.61 Å². The van der Waals surface area contributed by atoms with Crippen LogP contribution in [0.3, 0.4) is 0 Å². The first-order chi connectivity index (χ1) is 17.8. The number of alkyl halides is 3. The van der Waals surface area contributed by atoms with Crippen molar-refractivity contribution in [3.05, 3.63) is 108 Å². The quantitative estimate of drug-likeness (QED) is 0.220. The fraction of sp³-hybridized carbons (Fsp3) is 0.148. The summed E-state index contributed by atoms with van der Waals surface area (Å²) in [7, 11) is 0. The van der Waals surface area contributed by atoms with E-state index in [-0.39, 0.29) is 31.6 Å². The van der Waals surface area contributed by atoms with Crippen LogP contribution in [-0.4, -0.2) is 25.0 Å². The third kappa shape index (κ3) is 7.77. The molecule has 1 radical (unpaired) electrons. The van der Waals surface area contributed by atoms with Crippen LogP contribution in [-0.2, 0) is 32.9 Å². The summed E-state index contributed by atoms with van der Waals surface area (Å²) in [6.07, 6.45) is -1.35. The third-order valence-electron chi connectivity index (χ3n) is 4.94. The average molecular weight is 695 g/mol. The van der Waals surface area contributed by atoms with Crippen molar-refractivity contribution in [2.75, 3.05) is 0 Å². The van der Waals surface area contributed by atoms with Gasteiger partial charge in [-0.3, -0.25) is 15.1 Å². The number of hydrogen-bond acceptors (Lipinski definition) is 6. The van der Waals surface area contributed by atoms with Crippen LogP contribution in [0, 0.1) is 19.9 Å². The Kier molecular flexibility index (Phi) is 9.81. The van der Waals surface area contributed by atoms with Gasteiger partial charge in [0.1, 0.15) is 12.4 Å². The molecule has 2 aromatic carbocycles. The Bertz CT molecular complexity index is 1450. The summed E-state index contributed by atoms with van der Waals surface area (Å²) in [5.41, 5.74) is 4.96. The zero-order valence-electron chi connectivity index (χ0n) is 20.3. The number of benzene rings is 2. The number of ether oxygens (including phenoxy) is 1. The third-order valence-corrected chi connectivity index (χ3v) is 4.94. The van der Waals surface area contributed by atoms with E-state index in [1.165, 1.54) is 12.3 Å². The number of halogens is 3. The summed E-state index contributed by atoms with van der Waals surface area (Å²) in [6.45, 7) is 4.44. The maximum Gasteiger partial charge on any atom is 0.429 e. The standard InChI is InChI=1S/C19H17N2O.C8H4F3N4.Ir/c1-14-12-20-19(15(2)21-14)17-9-6-10-18(11-17)22-13-16-7-4-3-5-8-16;9-8(10,11)7-13-6(14-15-7)5-3-1-2-4-12-5;/h3-8,10-12H,13H2,1-2H3;1-4H;/q2*-1;. The second-order valence-electron chi connectivity index (χ2n) is 7.83. The van der Waals surface area contributed by atoms with Gasteiger partial charge in [0, 0.05) is 49.6 Å². The number of nitrogens with zero attached hydrogens (tertiary/aromatic N) is 6. The Morgan fingerprint density at radius 1 is 0.947 bits per heavy atom. The van der Waals surface area contributed by atoms with E-state index in [0.717, 1.165) is 34.0 Å². The topological polar surface area (TPSA) is 87.8 Å². The molecular formula is C27H21F3IrN6O-2. The van der Waals surface area contributed by atoms with E-state index in [1.807, 2.05) is 62.4 Å². The Morgan fingerprint density at radius 3 is 2.37 bits per heavy atom. The number of hydrogen-bond donors (Lipinski definition) is 0. The van der Waals surface area contributed by atoms with Crippen LogP contribution in [0.1, 0.15) is 22.8 Å². The molecule has 0 aliphatic carbocycles. The summed E-state index contributed by atoms with van der Waals surface area (Å²) in [5.74, 6) is -0.564. The molecule has 38 heavy (non-hydrogen) atoms. The van der Waals surface area contributed by atoms with Gasteiger partial charge in [-0.2, -0.15) is 13.2 Å². The van der Waals surface area contributed by atoms with E-state index < -0.39 is 12.0 Å². The molecule has 0 spiro atoms. The molecule has 5 rings (SSSR count). The number of aromatic nitrogens is 6. The molecule has 3 heterocycles. The predicted molar refractivity (Wildman–Crippen MR) is 130 cm³/mol. The minimum atomic E-state index is -4.57. The smallest absolute Gasteiger partial charge is 0.429 e. The second-order valence-corrected chi connectivity index (χ2v) is 7.83. The fourth-order valence-electron chi connectivity index (χ4n) is 3.24. The fourth-order valence-corrected chi connectivity index (χ4v) is 3.24. The van der Waals surface area contributed by atoms with Crippen molar-refractivity contribution in [3.63, 3.8) is 0 Å². The minimum Gasteiger partial charge on any atom is -0.508 e. The van der Waals surface area contributed by atoms with Gasteiger partial charge in [0.2, 0.25) is 0 Å². The van der Waals surface area contributed by atoms with Gasteiger partial charge in [0.05, 0.1) is 11.4 Å². The average Bonchev–Trinajstić information content (AvgIpc) is 3.41. The number of aryl methyl sites for hydroxylation is 2. The van der Waals surface area contributed by atoms with Crippen LogP contribution in [0.25, 0.3) is 22.8 Å². The molecular weight excluding hydrogens is 674 g/mol. The van der Waals surface area contributed by atoms with Gasteiger partial charge in [-0.15, -0.1) is 29.8 Å². The van der Waals surface area contributed by atoms with Crippen LogP contribution < -0.4 is 9.84 Å². The van der Waals surface area contributed by atoms with Gasteiger partial charge in [0.15, 0.2) is 0 Å². The van der Waals surface area contributed by atoms with Crippen molar-refractivity contribution in [3.8, 4) is 28.5 Å². The van der Waals surface area contributed by atoms with E-state index >= 15 is 0 Å². The largest absolute Gasteiger partial charge is 0.508 e. The van der Waals surface area contributed by atoms with Crippen LogP contribution in [0.2, 0.25) is 0 Å². The van der Waals surface area contributed by atoms with Crippen molar-refractivity contribution in [1.82, 2.24) is 30.1 Å². The molecule has 0 unspecified atom stereocenters. The van der Waals surface area contributed by atoms with Crippen LogP contribution in [0.4, 0.5) is 13.2 Å². The first-order valence-electron chi connectivity index (χ1n) is 11.1. The van der Waals surface area contributed by atoms with Crippen molar-refractivity contribution >= 4 is 0 Å². The zero-order valence-corrected chi connectivity index (χ0v) is 22.7. The molecule has 0 amide bonds. The zero-order chi connectivity index (χ0) is 26.3. The van der Waals surface area contributed by atoms with Crippen LogP contribution in [0.15, 0.2) is 79.1 Å². The van der Waals surface area contributed by atoms with Gasteiger partial charge in [0.25, 0.3) is 0 Å². The second kappa shape index (κ2) is 13.0. The molecule has 7 nitrogen and oxygen atoms in total. The van der Waals surface area contributed by atoms with Crippen molar-refractivity contribution < 1.29 is 38.0 Å². The summed E-state index contributed by atoms with van der Waals surface area (Å²) in [5, 5.41) is 6.25. The van der Waals surface area contributed by atoms with Crippen molar-refractivity contribution in [1.29, 1.82) is 0 Å². The Hall–Kier alpha value is -3.95. The molecule has 0 fully saturated rings. The molecule has 0 saturated heterocycles. The number of pyridine rings is 1. The van der Waals surface area contributed by atoms with Gasteiger partial charge < -0.3 is 19.8 Å². The Balaban J connectivity index is 0.000000220. The molecule has 0 N–H and O–H groups in total. The van der Waals surface area contributed by atoms with Gasteiger partial charge >= 0.3 is 6.18 Å². The van der Waals surface area contributed by atoms with E-state index in [4.69, 9.17) is 4.74 Å². The predicted octanol–water partition coefficient (Wildman–Crippen LogP) is 5.65. The van der Waals surface area contributed by atoms with E-state index in [9.17, 15) is 13.2 Å². The first-order valence-corrected chi connectivity index (χ1v) is 11.1. The molecule has 0 bridgehead atoms. The van der Waals surface area contributed by atoms with Crippen LogP contribution in [0.5, 0.6) is 5.75 Å². The minimum absolute atomic E-state index is 0. The maximum absolute atomic E-state index is 12.1. The Labute approximate surface area is 230 Å². The van der Waals surface area contributed by atoms with Gasteiger partial charge in [-0.05, 0) is 37.4 Å². The summed E-state index contributed by atoms with van der Waals surface area (Å²) in [6, 6.07) is 23.8. The molecule has 197 valence electrons. The summed E-state index contributed by atoms with van der Waals surface area (Å²) < 4.78 is 42.2.